The van der Waals surface area contributed by atoms with Crippen molar-refractivity contribution in [3.05, 3.63) is 29.8 Å². The maximum Gasteiger partial charge on any atom is 0.180 e. The molecule has 20 heavy (non-hydrogen) atoms. The van der Waals surface area contributed by atoms with E-state index in [0.717, 1.165) is 29.6 Å². The van der Waals surface area contributed by atoms with Crippen LogP contribution in [0.25, 0.3) is 11.5 Å². The Hall–Kier alpha value is -2.04. The summed E-state index contributed by atoms with van der Waals surface area (Å²) in [6.45, 7) is 11.2. The fourth-order valence-electron chi connectivity index (χ4n) is 1.80. The highest BCUT2D eigenvalue weighted by molar-refractivity contribution is 5.53. The van der Waals surface area contributed by atoms with Crippen molar-refractivity contribution in [2.24, 2.45) is 0 Å². The lowest BCUT2D eigenvalue weighted by atomic mass is 9.92. The molecule has 5 heteroatoms. The lowest BCUT2D eigenvalue weighted by Gasteiger charge is -2.19. The van der Waals surface area contributed by atoms with Crippen LogP contribution in [0, 0.1) is 6.92 Å². The third kappa shape index (κ3) is 3.29. The van der Waals surface area contributed by atoms with Gasteiger partial charge in [-0.05, 0) is 19.9 Å². The largest absolute Gasteiger partial charge is 0.370 e. The van der Waals surface area contributed by atoms with Gasteiger partial charge in [0.05, 0.1) is 5.69 Å². The zero-order valence-corrected chi connectivity index (χ0v) is 12.7. The molecule has 1 N–H and O–H groups in total. The van der Waals surface area contributed by atoms with E-state index in [4.69, 9.17) is 0 Å². The van der Waals surface area contributed by atoms with Crippen LogP contribution in [0.4, 0.5) is 5.82 Å². The van der Waals surface area contributed by atoms with Crippen LogP contribution >= 0.6 is 0 Å². The zero-order valence-electron chi connectivity index (χ0n) is 12.7. The highest BCUT2D eigenvalue weighted by Crippen LogP contribution is 2.25. The lowest BCUT2D eigenvalue weighted by molar-refractivity contribution is 0.568. The average Bonchev–Trinajstić information content (AvgIpc) is 2.38. The van der Waals surface area contributed by atoms with E-state index < -0.39 is 0 Å². The Bertz CT molecular complexity index is 601. The summed E-state index contributed by atoms with van der Waals surface area (Å²) in [5.41, 5.74) is 1.71. The molecule has 0 spiro atoms. The minimum Gasteiger partial charge on any atom is -0.370 e. The van der Waals surface area contributed by atoms with E-state index in [1.54, 1.807) is 6.20 Å². The van der Waals surface area contributed by atoms with Crippen LogP contribution in [0.1, 0.15) is 39.2 Å². The van der Waals surface area contributed by atoms with E-state index in [-0.39, 0.29) is 5.41 Å². The summed E-state index contributed by atoms with van der Waals surface area (Å²) >= 11 is 0. The molecular weight excluding hydrogens is 250 g/mol. The van der Waals surface area contributed by atoms with Crippen molar-refractivity contribution in [3.63, 3.8) is 0 Å². The van der Waals surface area contributed by atoms with Gasteiger partial charge in [0.15, 0.2) is 5.82 Å². The van der Waals surface area contributed by atoms with Crippen molar-refractivity contribution in [2.45, 2.75) is 40.0 Å². The molecular formula is C15H21N5. The number of hydrogen-bond acceptors (Lipinski definition) is 5. The van der Waals surface area contributed by atoms with Crippen molar-refractivity contribution in [2.75, 3.05) is 11.9 Å². The fraction of sp³-hybridized carbons (Fsp3) is 0.467. The van der Waals surface area contributed by atoms with E-state index in [0.29, 0.717) is 5.82 Å². The van der Waals surface area contributed by atoms with Gasteiger partial charge in [-0.3, -0.25) is 0 Å². The number of nitrogens with one attached hydrogen (secondary N) is 1. The molecule has 0 radical (unpaired) electrons. The molecule has 0 saturated carbocycles. The summed E-state index contributed by atoms with van der Waals surface area (Å²) in [5, 5.41) is 3.25. The highest BCUT2D eigenvalue weighted by Gasteiger charge is 2.18. The molecule has 0 unspecified atom stereocenters. The molecule has 106 valence electrons. The SMILES string of the molecule is CCNc1cc(C(C)(C)C)nc(-c2ccnc(C)n2)n1. The second kappa shape index (κ2) is 5.53. The number of rotatable bonds is 3. The lowest BCUT2D eigenvalue weighted by Crippen LogP contribution is -2.16. The third-order valence-electron chi connectivity index (χ3n) is 2.86. The normalized spacial score (nSPS) is 11.4. The van der Waals surface area contributed by atoms with Gasteiger partial charge in [0.1, 0.15) is 17.3 Å². The minimum atomic E-state index is -0.0378. The van der Waals surface area contributed by atoms with Gasteiger partial charge in [-0.25, -0.2) is 19.9 Å². The van der Waals surface area contributed by atoms with Gasteiger partial charge >= 0.3 is 0 Å². The van der Waals surface area contributed by atoms with Gasteiger partial charge in [-0.2, -0.15) is 0 Å². The van der Waals surface area contributed by atoms with E-state index in [9.17, 15) is 0 Å². The molecule has 0 aliphatic rings. The van der Waals surface area contributed by atoms with Crippen molar-refractivity contribution < 1.29 is 0 Å². The first-order valence-corrected chi connectivity index (χ1v) is 6.83. The van der Waals surface area contributed by atoms with Crippen molar-refractivity contribution in [1.82, 2.24) is 19.9 Å². The van der Waals surface area contributed by atoms with Crippen LogP contribution in [0.15, 0.2) is 18.3 Å². The predicted octanol–water partition coefficient (Wildman–Crippen LogP) is 2.97. The molecule has 5 nitrogen and oxygen atoms in total. The topological polar surface area (TPSA) is 63.6 Å². The van der Waals surface area contributed by atoms with E-state index in [2.05, 4.69) is 46.0 Å². The van der Waals surface area contributed by atoms with Crippen LogP contribution in [0.3, 0.4) is 0 Å². The molecule has 0 saturated heterocycles. The Kier molecular flexibility index (Phi) is 3.97. The smallest absolute Gasteiger partial charge is 0.180 e. The quantitative estimate of drug-likeness (QED) is 0.929. The number of hydrogen-bond donors (Lipinski definition) is 1. The van der Waals surface area contributed by atoms with Crippen LogP contribution in [0.2, 0.25) is 0 Å². The van der Waals surface area contributed by atoms with Crippen molar-refractivity contribution in [1.29, 1.82) is 0 Å². The van der Waals surface area contributed by atoms with E-state index in [1.807, 2.05) is 26.0 Å². The molecule has 0 bridgehead atoms. The molecule has 2 rings (SSSR count). The zero-order chi connectivity index (χ0) is 14.8. The van der Waals surface area contributed by atoms with Crippen LogP contribution in [-0.4, -0.2) is 26.5 Å². The maximum absolute atomic E-state index is 4.66. The maximum atomic E-state index is 4.66. The fourth-order valence-corrected chi connectivity index (χ4v) is 1.80. The first-order chi connectivity index (χ1) is 9.40. The molecule has 0 aliphatic carbocycles. The van der Waals surface area contributed by atoms with Crippen LogP contribution in [-0.2, 0) is 5.41 Å². The van der Waals surface area contributed by atoms with Crippen molar-refractivity contribution >= 4 is 5.82 Å². The van der Waals surface area contributed by atoms with E-state index in [1.165, 1.54) is 0 Å². The molecule has 0 atom stereocenters. The van der Waals surface area contributed by atoms with Gasteiger partial charge < -0.3 is 5.32 Å². The van der Waals surface area contributed by atoms with Gasteiger partial charge in [0, 0.05) is 24.2 Å². The first-order valence-electron chi connectivity index (χ1n) is 6.83. The number of anilines is 1. The van der Waals surface area contributed by atoms with Gasteiger partial charge in [0.25, 0.3) is 0 Å². The summed E-state index contributed by atoms with van der Waals surface area (Å²) in [6.07, 6.45) is 1.73. The van der Waals surface area contributed by atoms with Gasteiger partial charge in [-0.1, -0.05) is 20.8 Å². The Morgan fingerprint density at radius 2 is 1.90 bits per heavy atom. The summed E-state index contributed by atoms with van der Waals surface area (Å²) in [4.78, 5) is 17.7. The van der Waals surface area contributed by atoms with E-state index >= 15 is 0 Å². The Labute approximate surface area is 119 Å². The predicted molar refractivity (Wildman–Crippen MR) is 80.7 cm³/mol. The Balaban J connectivity index is 2.54. The molecule has 0 fully saturated rings. The molecule has 0 aliphatic heterocycles. The number of nitrogens with zero attached hydrogens (tertiary/aromatic N) is 4. The molecule has 2 aromatic heterocycles. The molecule has 2 heterocycles. The summed E-state index contributed by atoms with van der Waals surface area (Å²) in [6, 6.07) is 3.84. The number of aryl methyl sites for hydroxylation is 1. The highest BCUT2D eigenvalue weighted by atomic mass is 15.0. The number of aromatic nitrogens is 4. The van der Waals surface area contributed by atoms with Crippen LogP contribution < -0.4 is 5.32 Å². The average molecular weight is 271 g/mol. The Morgan fingerprint density at radius 3 is 2.50 bits per heavy atom. The second-order valence-electron chi connectivity index (χ2n) is 5.73. The summed E-state index contributed by atoms with van der Waals surface area (Å²) in [7, 11) is 0. The van der Waals surface area contributed by atoms with Gasteiger partial charge in [0.2, 0.25) is 0 Å². The summed E-state index contributed by atoms with van der Waals surface area (Å²) < 4.78 is 0. The minimum absolute atomic E-state index is 0.0378. The molecule has 0 aromatic carbocycles. The Morgan fingerprint density at radius 1 is 1.15 bits per heavy atom. The van der Waals surface area contributed by atoms with Gasteiger partial charge in [-0.15, -0.1) is 0 Å². The first kappa shape index (κ1) is 14.4. The van der Waals surface area contributed by atoms with Crippen molar-refractivity contribution in [3.8, 4) is 11.5 Å². The second-order valence-corrected chi connectivity index (χ2v) is 5.73. The monoisotopic (exact) mass is 271 g/mol. The molecule has 0 amide bonds. The summed E-state index contributed by atoms with van der Waals surface area (Å²) in [5.74, 6) is 2.19. The molecule has 2 aromatic rings. The standard InChI is InChI=1S/C15H21N5/c1-6-16-13-9-12(15(3,4)5)19-14(20-13)11-7-8-17-10(2)18-11/h7-9H,6H2,1-5H3,(H,16,19,20). The third-order valence-corrected chi connectivity index (χ3v) is 2.86. The van der Waals surface area contributed by atoms with Crippen LogP contribution in [0.5, 0.6) is 0 Å².